The first-order valence-electron chi connectivity index (χ1n) is 4.24. The summed E-state index contributed by atoms with van der Waals surface area (Å²) in [4.78, 5) is 11.0. The van der Waals surface area contributed by atoms with Gasteiger partial charge in [-0.05, 0) is 35.7 Å². The van der Waals surface area contributed by atoms with E-state index in [1.54, 1.807) is 18.3 Å². The van der Waals surface area contributed by atoms with Crippen molar-refractivity contribution in [2.75, 3.05) is 6.54 Å². The van der Waals surface area contributed by atoms with Crippen molar-refractivity contribution in [1.29, 1.82) is 0 Å². The van der Waals surface area contributed by atoms with E-state index in [0.29, 0.717) is 6.54 Å². The molecule has 1 atom stereocenters. The summed E-state index contributed by atoms with van der Waals surface area (Å²) in [5.74, 6) is -0.0878. The predicted molar refractivity (Wildman–Crippen MR) is 54.7 cm³/mol. The Balaban J connectivity index is 2.18. The standard InChI is InChI=1S/C9H14N2OS/c1-7(10)9(12)11-4-2-8-3-5-13-6-8/h3,5-7H,2,4,10H2,1H3,(H,11,12). The number of thiophene rings is 1. The summed E-state index contributed by atoms with van der Waals surface area (Å²) in [7, 11) is 0. The van der Waals surface area contributed by atoms with Crippen molar-refractivity contribution >= 4 is 17.2 Å². The highest BCUT2D eigenvalue weighted by molar-refractivity contribution is 7.07. The molecule has 0 saturated carbocycles. The number of nitrogens with one attached hydrogen (secondary N) is 1. The molecule has 0 radical (unpaired) electrons. The molecule has 0 saturated heterocycles. The van der Waals surface area contributed by atoms with Crippen LogP contribution < -0.4 is 11.1 Å². The van der Waals surface area contributed by atoms with Crippen LogP contribution in [0.4, 0.5) is 0 Å². The van der Waals surface area contributed by atoms with Gasteiger partial charge >= 0.3 is 0 Å². The van der Waals surface area contributed by atoms with Crippen LogP contribution in [0.1, 0.15) is 12.5 Å². The van der Waals surface area contributed by atoms with Crippen LogP contribution in [0, 0.1) is 0 Å². The van der Waals surface area contributed by atoms with E-state index in [4.69, 9.17) is 5.73 Å². The smallest absolute Gasteiger partial charge is 0.236 e. The molecule has 4 heteroatoms. The number of rotatable bonds is 4. The van der Waals surface area contributed by atoms with Crippen LogP contribution in [0.15, 0.2) is 16.8 Å². The lowest BCUT2D eigenvalue weighted by Crippen LogP contribution is -2.39. The van der Waals surface area contributed by atoms with Crippen LogP contribution in [0.3, 0.4) is 0 Å². The lowest BCUT2D eigenvalue weighted by Gasteiger charge is -2.06. The topological polar surface area (TPSA) is 55.1 Å². The fraction of sp³-hybridized carbons (Fsp3) is 0.444. The molecular weight excluding hydrogens is 184 g/mol. The van der Waals surface area contributed by atoms with Crippen molar-refractivity contribution in [3.8, 4) is 0 Å². The second-order valence-electron chi connectivity index (χ2n) is 2.96. The summed E-state index contributed by atoms with van der Waals surface area (Å²) in [6.07, 6.45) is 0.877. The first kappa shape index (κ1) is 10.2. The fourth-order valence-corrected chi connectivity index (χ4v) is 1.63. The maximum Gasteiger partial charge on any atom is 0.236 e. The SMILES string of the molecule is CC(N)C(=O)NCCc1ccsc1. The second-order valence-corrected chi connectivity index (χ2v) is 3.74. The number of nitrogens with two attached hydrogens (primary N) is 1. The van der Waals surface area contributed by atoms with Crippen molar-refractivity contribution in [3.63, 3.8) is 0 Å². The molecule has 1 heterocycles. The third kappa shape index (κ3) is 3.57. The summed E-state index contributed by atoms with van der Waals surface area (Å²) >= 11 is 1.67. The van der Waals surface area contributed by atoms with Crippen LogP contribution >= 0.6 is 11.3 Å². The lowest BCUT2D eigenvalue weighted by molar-refractivity contribution is -0.121. The first-order valence-corrected chi connectivity index (χ1v) is 5.19. The van der Waals surface area contributed by atoms with Crippen molar-refractivity contribution < 1.29 is 4.79 Å². The molecule has 0 aliphatic carbocycles. The number of hydrogen-bond acceptors (Lipinski definition) is 3. The van der Waals surface area contributed by atoms with Gasteiger partial charge in [0.1, 0.15) is 0 Å². The zero-order valence-electron chi connectivity index (χ0n) is 7.62. The molecule has 1 amide bonds. The maximum absolute atomic E-state index is 11.0. The molecule has 1 aromatic rings. The Labute approximate surface area is 81.9 Å². The molecule has 0 spiro atoms. The lowest BCUT2D eigenvalue weighted by atomic mass is 10.2. The minimum absolute atomic E-state index is 0.0878. The summed E-state index contributed by atoms with van der Waals surface area (Å²) in [6, 6.07) is 1.64. The van der Waals surface area contributed by atoms with Gasteiger partial charge in [-0.15, -0.1) is 0 Å². The van der Waals surface area contributed by atoms with Gasteiger partial charge in [0.2, 0.25) is 5.91 Å². The van der Waals surface area contributed by atoms with Crippen molar-refractivity contribution in [3.05, 3.63) is 22.4 Å². The van der Waals surface area contributed by atoms with Gasteiger partial charge in [-0.1, -0.05) is 0 Å². The number of hydrogen-bond donors (Lipinski definition) is 2. The second kappa shape index (κ2) is 4.99. The molecular formula is C9H14N2OS. The average molecular weight is 198 g/mol. The van der Waals surface area contributed by atoms with Crippen molar-refractivity contribution in [2.24, 2.45) is 5.73 Å². The first-order chi connectivity index (χ1) is 6.20. The van der Waals surface area contributed by atoms with Gasteiger partial charge in [-0.3, -0.25) is 4.79 Å². The molecule has 0 aliphatic heterocycles. The highest BCUT2D eigenvalue weighted by atomic mass is 32.1. The normalized spacial score (nSPS) is 12.5. The van der Waals surface area contributed by atoms with Crippen LogP contribution in [0.5, 0.6) is 0 Å². The zero-order chi connectivity index (χ0) is 9.68. The molecule has 0 aliphatic rings. The maximum atomic E-state index is 11.0. The average Bonchev–Trinajstić information content (AvgIpc) is 2.56. The summed E-state index contributed by atoms with van der Waals surface area (Å²) < 4.78 is 0. The molecule has 0 bridgehead atoms. The van der Waals surface area contributed by atoms with Gasteiger partial charge in [0.15, 0.2) is 0 Å². The van der Waals surface area contributed by atoms with Crippen LogP contribution in [0.25, 0.3) is 0 Å². The van der Waals surface area contributed by atoms with E-state index < -0.39 is 6.04 Å². The van der Waals surface area contributed by atoms with Gasteiger partial charge in [0.05, 0.1) is 6.04 Å². The van der Waals surface area contributed by atoms with E-state index in [1.807, 2.05) is 5.38 Å². The zero-order valence-corrected chi connectivity index (χ0v) is 8.43. The molecule has 13 heavy (non-hydrogen) atoms. The van der Waals surface area contributed by atoms with Gasteiger partial charge in [-0.2, -0.15) is 11.3 Å². The Morgan fingerprint density at radius 2 is 2.54 bits per heavy atom. The third-order valence-electron chi connectivity index (χ3n) is 1.71. The minimum atomic E-state index is -0.414. The van der Waals surface area contributed by atoms with E-state index in [9.17, 15) is 4.79 Å². The van der Waals surface area contributed by atoms with Crippen molar-refractivity contribution in [2.45, 2.75) is 19.4 Å². The summed E-state index contributed by atoms with van der Waals surface area (Å²) in [5.41, 5.74) is 6.64. The molecule has 1 aromatic heterocycles. The summed E-state index contributed by atoms with van der Waals surface area (Å²) in [6.45, 7) is 2.34. The van der Waals surface area contributed by atoms with Crippen molar-refractivity contribution in [1.82, 2.24) is 5.32 Å². The Morgan fingerprint density at radius 1 is 1.77 bits per heavy atom. The Bertz CT molecular complexity index is 257. The molecule has 1 rings (SSSR count). The van der Waals surface area contributed by atoms with Gasteiger partial charge in [0, 0.05) is 6.54 Å². The van der Waals surface area contributed by atoms with E-state index in [-0.39, 0.29) is 5.91 Å². The third-order valence-corrected chi connectivity index (χ3v) is 2.44. The van der Waals surface area contributed by atoms with Gasteiger partial charge in [0.25, 0.3) is 0 Å². The fourth-order valence-electron chi connectivity index (χ4n) is 0.926. The van der Waals surface area contributed by atoms with Gasteiger partial charge in [-0.25, -0.2) is 0 Å². The predicted octanol–water partition coefficient (Wildman–Crippen LogP) is 0.754. The Morgan fingerprint density at radius 3 is 3.08 bits per heavy atom. The van der Waals surface area contributed by atoms with Crippen LogP contribution in [-0.2, 0) is 11.2 Å². The molecule has 72 valence electrons. The molecule has 0 aromatic carbocycles. The monoisotopic (exact) mass is 198 g/mol. The van der Waals surface area contributed by atoms with Gasteiger partial charge < -0.3 is 11.1 Å². The number of carbonyl (C=O) groups is 1. The van der Waals surface area contributed by atoms with Crippen LogP contribution in [-0.4, -0.2) is 18.5 Å². The number of amides is 1. The molecule has 3 nitrogen and oxygen atoms in total. The largest absolute Gasteiger partial charge is 0.354 e. The van der Waals surface area contributed by atoms with E-state index in [2.05, 4.69) is 16.8 Å². The highest BCUT2D eigenvalue weighted by Crippen LogP contribution is 2.05. The Kier molecular flexibility index (Phi) is 3.92. The highest BCUT2D eigenvalue weighted by Gasteiger charge is 2.05. The number of carbonyl (C=O) groups excluding carboxylic acids is 1. The Hall–Kier alpha value is -0.870. The van der Waals surface area contributed by atoms with E-state index in [1.165, 1.54) is 5.56 Å². The molecule has 3 N–H and O–H groups in total. The van der Waals surface area contributed by atoms with E-state index in [0.717, 1.165) is 6.42 Å². The quantitative estimate of drug-likeness (QED) is 0.750. The minimum Gasteiger partial charge on any atom is -0.354 e. The van der Waals surface area contributed by atoms with Crippen LogP contribution in [0.2, 0.25) is 0 Å². The van der Waals surface area contributed by atoms with E-state index >= 15 is 0 Å². The molecule has 1 unspecified atom stereocenters. The molecule has 0 fully saturated rings. The summed E-state index contributed by atoms with van der Waals surface area (Å²) in [5, 5.41) is 6.87.